The van der Waals surface area contributed by atoms with E-state index in [2.05, 4.69) is 4.98 Å². The first-order chi connectivity index (χ1) is 7.77. The van der Waals surface area contributed by atoms with Crippen molar-refractivity contribution >= 4 is 5.78 Å². The minimum absolute atomic E-state index is 0.0729. The molecule has 0 amide bonds. The number of aromatic nitrogens is 1. The number of carbonyl (C=O) groups excluding carboxylic acids is 1. The van der Waals surface area contributed by atoms with Gasteiger partial charge in [-0.1, -0.05) is 6.92 Å². The number of Topliss-reactive ketones (excluding diaryl/α,β-unsaturated/α-hetero) is 1. The van der Waals surface area contributed by atoms with E-state index >= 15 is 0 Å². The zero-order valence-corrected chi connectivity index (χ0v) is 9.73. The molecule has 88 valence electrons. The van der Waals surface area contributed by atoms with Gasteiger partial charge in [0, 0.05) is 18.4 Å². The average molecular weight is 223 g/mol. The lowest BCUT2D eigenvalue weighted by Crippen LogP contribution is -2.09. The van der Waals surface area contributed by atoms with Crippen molar-refractivity contribution in [2.45, 2.75) is 20.3 Å². The average Bonchev–Trinajstić information content (AvgIpc) is 2.33. The maximum Gasteiger partial charge on any atom is 0.190 e. The molecule has 1 heterocycles. The van der Waals surface area contributed by atoms with Crippen molar-refractivity contribution in [1.82, 2.24) is 4.98 Å². The van der Waals surface area contributed by atoms with Crippen LogP contribution in [0.15, 0.2) is 18.5 Å². The van der Waals surface area contributed by atoms with Crippen LogP contribution in [0.5, 0.6) is 5.75 Å². The number of hydrogen-bond acceptors (Lipinski definition) is 4. The second-order valence-electron chi connectivity index (χ2n) is 3.32. The van der Waals surface area contributed by atoms with Gasteiger partial charge in [0.25, 0.3) is 0 Å². The highest BCUT2D eigenvalue weighted by Gasteiger charge is 2.07. The Morgan fingerprint density at radius 1 is 1.38 bits per heavy atom. The largest absolute Gasteiger partial charge is 0.492 e. The first-order valence-corrected chi connectivity index (χ1v) is 5.46. The molecule has 0 atom stereocenters. The Bertz CT molecular complexity index is 339. The molecular weight excluding hydrogens is 206 g/mol. The summed E-state index contributed by atoms with van der Waals surface area (Å²) >= 11 is 0. The summed E-state index contributed by atoms with van der Waals surface area (Å²) in [5.74, 6) is 0.556. The number of carbonyl (C=O) groups is 1. The van der Waals surface area contributed by atoms with Crippen molar-refractivity contribution in [3.05, 3.63) is 24.0 Å². The van der Waals surface area contributed by atoms with Crippen LogP contribution in [-0.4, -0.2) is 30.6 Å². The Morgan fingerprint density at radius 2 is 2.19 bits per heavy atom. The summed E-state index contributed by atoms with van der Waals surface area (Å²) in [5.41, 5.74) is 0.530. The van der Waals surface area contributed by atoms with Crippen molar-refractivity contribution in [2.24, 2.45) is 0 Å². The summed E-state index contributed by atoms with van der Waals surface area (Å²) in [4.78, 5) is 15.6. The molecule has 4 heteroatoms. The zero-order chi connectivity index (χ0) is 11.8. The van der Waals surface area contributed by atoms with E-state index < -0.39 is 0 Å². The van der Waals surface area contributed by atoms with Gasteiger partial charge in [0.2, 0.25) is 0 Å². The molecule has 1 aromatic heterocycles. The molecule has 0 aromatic carbocycles. The third kappa shape index (κ3) is 3.98. The van der Waals surface area contributed by atoms with Gasteiger partial charge in [-0.3, -0.25) is 9.78 Å². The molecule has 0 saturated heterocycles. The van der Waals surface area contributed by atoms with Gasteiger partial charge in [-0.2, -0.15) is 0 Å². The van der Waals surface area contributed by atoms with E-state index in [0.717, 1.165) is 6.42 Å². The van der Waals surface area contributed by atoms with Gasteiger partial charge in [-0.05, 0) is 19.4 Å². The predicted molar refractivity (Wildman–Crippen MR) is 60.8 cm³/mol. The third-order valence-corrected chi connectivity index (χ3v) is 1.95. The Labute approximate surface area is 95.6 Å². The van der Waals surface area contributed by atoms with Crippen molar-refractivity contribution in [1.29, 1.82) is 0 Å². The van der Waals surface area contributed by atoms with Crippen molar-refractivity contribution < 1.29 is 14.3 Å². The molecule has 0 spiro atoms. The van der Waals surface area contributed by atoms with Gasteiger partial charge < -0.3 is 9.47 Å². The van der Waals surface area contributed by atoms with Gasteiger partial charge in [0.1, 0.15) is 12.4 Å². The van der Waals surface area contributed by atoms with E-state index in [1.807, 2.05) is 13.8 Å². The fraction of sp³-hybridized carbons (Fsp3) is 0.500. The Balaban J connectivity index is 2.62. The zero-order valence-electron chi connectivity index (χ0n) is 9.73. The van der Waals surface area contributed by atoms with Crippen molar-refractivity contribution in [3.8, 4) is 5.75 Å². The van der Waals surface area contributed by atoms with Crippen LogP contribution in [0.25, 0.3) is 0 Å². The lowest BCUT2D eigenvalue weighted by Gasteiger charge is -2.05. The second-order valence-corrected chi connectivity index (χ2v) is 3.32. The number of ether oxygens (including phenoxy) is 2. The highest BCUT2D eigenvalue weighted by molar-refractivity contribution is 5.97. The minimum atomic E-state index is -0.0729. The standard InChI is InChI=1S/C12H17NO3/c1-3-5-16-11-6-10(7-13-8-11)12(14)9-15-4-2/h6-8H,3-5,9H2,1-2H3. The van der Waals surface area contributed by atoms with E-state index in [0.29, 0.717) is 24.5 Å². The maximum absolute atomic E-state index is 11.6. The number of ketones is 1. The lowest BCUT2D eigenvalue weighted by atomic mass is 10.2. The second kappa shape index (κ2) is 6.95. The molecule has 0 fully saturated rings. The third-order valence-electron chi connectivity index (χ3n) is 1.95. The smallest absolute Gasteiger partial charge is 0.190 e. The normalized spacial score (nSPS) is 10.1. The van der Waals surface area contributed by atoms with Crippen LogP contribution >= 0.6 is 0 Å². The van der Waals surface area contributed by atoms with E-state index in [1.165, 1.54) is 6.20 Å². The first kappa shape index (κ1) is 12.6. The summed E-state index contributed by atoms with van der Waals surface area (Å²) in [5, 5.41) is 0. The molecule has 0 radical (unpaired) electrons. The Kier molecular flexibility index (Phi) is 5.50. The van der Waals surface area contributed by atoms with E-state index in [1.54, 1.807) is 12.3 Å². The molecule has 0 aliphatic carbocycles. The van der Waals surface area contributed by atoms with Crippen molar-refractivity contribution in [3.63, 3.8) is 0 Å². The fourth-order valence-corrected chi connectivity index (χ4v) is 1.15. The summed E-state index contributed by atoms with van der Waals surface area (Å²) in [6.07, 6.45) is 4.06. The van der Waals surface area contributed by atoms with E-state index in [9.17, 15) is 4.79 Å². The van der Waals surface area contributed by atoms with Gasteiger partial charge >= 0.3 is 0 Å². The molecule has 0 saturated carbocycles. The number of rotatable bonds is 7. The molecule has 0 aliphatic rings. The number of nitrogens with zero attached hydrogens (tertiary/aromatic N) is 1. The molecule has 1 aromatic rings. The van der Waals surface area contributed by atoms with Crippen LogP contribution in [0.4, 0.5) is 0 Å². The minimum Gasteiger partial charge on any atom is -0.492 e. The van der Waals surface area contributed by atoms with Crippen LogP contribution in [0.1, 0.15) is 30.6 Å². The molecule has 16 heavy (non-hydrogen) atoms. The first-order valence-electron chi connectivity index (χ1n) is 5.46. The molecule has 4 nitrogen and oxygen atoms in total. The van der Waals surface area contributed by atoms with Crippen molar-refractivity contribution in [2.75, 3.05) is 19.8 Å². The van der Waals surface area contributed by atoms with Gasteiger partial charge in [-0.25, -0.2) is 0 Å². The summed E-state index contributed by atoms with van der Waals surface area (Å²) in [6.45, 7) is 5.13. The summed E-state index contributed by atoms with van der Waals surface area (Å²) in [6, 6.07) is 1.70. The molecule has 0 unspecified atom stereocenters. The van der Waals surface area contributed by atoms with Crippen LogP contribution in [0, 0.1) is 0 Å². The number of pyridine rings is 1. The van der Waals surface area contributed by atoms with E-state index in [-0.39, 0.29) is 12.4 Å². The van der Waals surface area contributed by atoms with Gasteiger partial charge in [0.15, 0.2) is 5.78 Å². The molecule has 0 N–H and O–H groups in total. The topological polar surface area (TPSA) is 48.4 Å². The highest BCUT2D eigenvalue weighted by atomic mass is 16.5. The quantitative estimate of drug-likeness (QED) is 0.664. The van der Waals surface area contributed by atoms with Gasteiger partial charge in [-0.15, -0.1) is 0 Å². The predicted octanol–water partition coefficient (Wildman–Crippen LogP) is 2.09. The SMILES string of the molecule is CCCOc1cncc(C(=O)COCC)c1. The molecular formula is C12H17NO3. The molecule has 0 aliphatic heterocycles. The van der Waals surface area contributed by atoms with Gasteiger partial charge in [0.05, 0.1) is 12.8 Å². The molecule has 1 rings (SSSR count). The highest BCUT2D eigenvalue weighted by Crippen LogP contribution is 2.12. The van der Waals surface area contributed by atoms with Crippen LogP contribution < -0.4 is 4.74 Å². The lowest BCUT2D eigenvalue weighted by molar-refractivity contribution is 0.0782. The van der Waals surface area contributed by atoms with Crippen LogP contribution in [0.3, 0.4) is 0 Å². The fourth-order valence-electron chi connectivity index (χ4n) is 1.15. The summed E-state index contributed by atoms with van der Waals surface area (Å²) in [7, 11) is 0. The van der Waals surface area contributed by atoms with Crippen LogP contribution in [0.2, 0.25) is 0 Å². The number of hydrogen-bond donors (Lipinski definition) is 0. The monoisotopic (exact) mass is 223 g/mol. The Hall–Kier alpha value is -1.42. The maximum atomic E-state index is 11.6. The van der Waals surface area contributed by atoms with E-state index in [4.69, 9.17) is 9.47 Å². The summed E-state index contributed by atoms with van der Waals surface area (Å²) < 4.78 is 10.4. The molecule has 0 bridgehead atoms. The van der Waals surface area contributed by atoms with Crippen LogP contribution in [-0.2, 0) is 4.74 Å². The Morgan fingerprint density at radius 3 is 2.88 bits per heavy atom.